The van der Waals surface area contributed by atoms with Gasteiger partial charge in [-0.05, 0) is 6.07 Å². The molecule has 0 amide bonds. The van der Waals surface area contributed by atoms with Crippen LogP contribution >= 0.6 is 0 Å². The molecule has 0 radical (unpaired) electrons. The summed E-state index contributed by atoms with van der Waals surface area (Å²) in [4.78, 5) is 24.7. The van der Waals surface area contributed by atoms with Crippen molar-refractivity contribution in [3.8, 4) is 0 Å². The molecule has 0 aliphatic rings. The van der Waals surface area contributed by atoms with Crippen LogP contribution in [-0.2, 0) is 14.9 Å². The number of nitrogens with zero attached hydrogens (tertiary/aromatic N) is 2. The first kappa shape index (κ1) is 15.0. The number of hydrogen-bond donors (Lipinski definition) is 1. The van der Waals surface area contributed by atoms with Crippen LogP contribution in [0, 0.1) is 10.1 Å². The Morgan fingerprint density at radius 1 is 1.47 bits per heavy atom. The summed E-state index contributed by atoms with van der Waals surface area (Å²) in [6.07, 6.45) is 0. The summed E-state index contributed by atoms with van der Waals surface area (Å²) < 4.78 is 24.3. The largest absolute Gasteiger partial charge is 0.478 e. The summed E-state index contributed by atoms with van der Waals surface area (Å²) in [6.45, 7) is 0. The highest BCUT2D eigenvalue weighted by molar-refractivity contribution is 7.89. The number of hydroxylamine groups is 1. The molecule has 1 aromatic rings. The van der Waals surface area contributed by atoms with E-state index in [1.165, 1.54) is 0 Å². The van der Waals surface area contributed by atoms with Crippen LogP contribution in [0.1, 0.15) is 10.4 Å². The van der Waals surface area contributed by atoms with E-state index in [0.717, 1.165) is 26.3 Å². The summed E-state index contributed by atoms with van der Waals surface area (Å²) in [7, 11) is -2.04. The Balaban J connectivity index is 3.53. The van der Waals surface area contributed by atoms with Crippen LogP contribution in [0.4, 0.5) is 5.69 Å². The quantitative estimate of drug-likeness (QED) is 0.616. The predicted molar refractivity (Wildman–Crippen MR) is 62.0 cm³/mol. The second-order valence-electron chi connectivity index (χ2n) is 3.34. The third kappa shape index (κ3) is 2.86. The van der Waals surface area contributed by atoms with Gasteiger partial charge in [-0.1, -0.05) is 4.47 Å². The summed E-state index contributed by atoms with van der Waals surface area (Å²) >= 11 is 0. The van der Waals surface area contributed by atoms with Crippen LogP contribution in [0.2, 0.25) is 0 Å². The van der Waals surface area contributed by atoms with Crippen LogP contribution in [0.5, 0.6) is 0 Å². The van der Waals surface area contributed by atoms with Gasteiger partial charge in [0.05, 0.1) is 22.5 Å². The molecule has 10 heteroatoms. The van der Waals surface area contributed by atoms with Crippen molar-refractivity contribution < 1.29 is 28.1 Å². The topological polar surface area (TPSA) is 127 Å². The fourth-order valence-electron chi connectivity index (χ4n) is 1.26. The van der Waals surface area contributed by atoms with Crippen molar-refractivity contribution in [3.63, 3.8) is 0 Å². The number of nitro benzene ring substituents is 1. The molecule has 0 heterocycles. The number of hydrogen-bond acceptors (Lipinski definition) is 6. The number of aromatic carboxylic acids is 1. The lowest BCUT2D eigenvalue weighted by Crippen LogP contribution is -2.27. The van der Waals surface area contributed by atoms with Gasteiger partial charge in [-0.15, -0.1) is 0 Å². The normalized spacial score (nSPS) is 11.5. The molecule has 0 atom stereocenters. The number of carboxylic acids is 1. The lowest BCUT2D eigenvalue weighted by atomic mass is 10.2. The van der Waals surface area contributed by atoms with Gasteiger partial charge in [-0.3, -0.25) is 15.0 Å². The molecule has 0 saturated heterocycles. The van der Waals surface area contributed by atoms with E-state index in [1.807, 2.05) is 0 Å². The number of nitro groups is 1. The Bertz CT molecular complexity index is 625. The number of rotatable bonds is 5. The van der Waals surface area contributed by atoms with E-state index in [1.54, 1.807) is 0 Å². The Morgan fingerprint density at radius 3 is 2.47 bits per heavy atom. The summed E-state index contributed by atoms with van der Waals surface area (Å²) in [5.74, 6) is -1.59. The third-order valence-electron chi connectivity index (χ3n) is 2.28. The standard InChI is InChI=1S/C9H10N2O7S/c1-10(18-2)19(16,17)8-4-3-6(11(14)15)5-7(8)9(12)13/h3-5H,1-2H3,(H,12,13). The molecule has 9 nitrogen and oxygen atoms in total. The van der Waals surface area contributed by atoms with E-state index in [-0.39, 0.29) is 0 Å². The van der Waals surface area contributed by atoms with Crippen LogP contribution in [0.15, 0.2) is 23.1 Å². The van der Waals surface area contributed by atoms with Gasteiger partial charge in [0.15, 0.2) is 0 Å². The van der Waals surface area contributed by atoms with Gasteiger partial charge >= 0.3 is 5.97 Å². The SMILES string of the molecule is CON(C)S(=O)(=O)c1ccc([N+](=O)[O-])cc1C(=O)O. The highest BCUT2D eigenvalue weighted by atomic mass is 32.2. The average molecular weight is 290 g/mol. The van der Waals surface area contributed by atoms with Crippen LogP contribution in [-0.4, -0.2) is 43.0 Å². The summed E-state index contributed by atoms with van der Waals surface area (Å²) in [6, 6.07) is 2.44. The molecule has 0 aromatic heterocycles. The van der Waals surface area contributed by atoms with E-state index in [2.05, 4.69) is 4.84 Å². The molecule has 1 aromatic carbocycles. The van der Waals surface area contributed by atoms with Crippen LogP contribution in [0.25, 0.3) is 0 Å². The molecule has 0 bridgehead atoms. The van der Waals surface area contributed by atoms with E-state index < -0.39 is 37.1 Å². The maximum absolute atomic E-state index is 11.9. The molecule has 104 valence electrons. The number of benzene rings is 1. The smallest absolute Gasteiger partial charge is 0.337 e. The van der Waals surface area contributed by atoms with Crippen LogP contribution in [0.3, 0.4) is 0 Å². The molecule has 0 aliphatic heterocycles. The number of carbonyl (C=O) groups is 1. The second-order valence-corrected chi connectivity index (χ2v) is 5.24. The van der Waals surface area contributed by atoms with Gasteiger partial charge in [-0.2, -0.15) is 0 Å². The maximum atomic E-state index is 11.9. The molecule has 0 spiro atoms. The van der Waals surface area contributed by atoms with E-state index >= 15 is 0 Å². The fourth-order valence-corrected chi connectivity index (χ4v) is 2.40. The molecule has 0 unspecified atom stereocenters. The molecule has 1 rings (SSSR count). The molecule has 0 saturated carbocycles. The monoisotopic (exact) mass is 290 g/mol. The second kappa shape index (κ2) is 5.30. The van der Waals surface area contributed by atoms with Gasteiger partial charge in [0.2, 0.25) is 0 Å². The van der Waals surface area contributed by atoms with Crippen molar-refractivity contribution >= 4 is 21.7 Å². The fraction of sp³-hybridized carbons (Fsp3) is 0.222. The Labute approximate surface area is 108 Å². The maximum Gasteiger partial charge on any atom is 0.337 e. The van der Waals surface area contributed by atoms with Gasteiger partial charge in [-0.25, -0.2) is 13.2 Å². The molecule has 0 aliphatic carbocycles. The summed E-state index contributed by atoms with van der Waals surface area (Å²) in [5, 5.41) is 19.5. The Morgan fingerprint density at radius 2 is 2.05 bits per heavy atom. The van der Waals surface area contributed by atoms with Crippen molar-refractivity contribution in [2.75, 3.05) is 14.2 Å². The first-order valence-corrected chi connectivity index (χ1v) is 6.20. The van der Waals surface area contributed by atoms with Gasteiger partial charge < -0.3 is 5.11 Å². The van der Waals surface area contributed by atoms with Gasteiger partial charge in [0.1, 0.15) is 0 Å². The minimum atomic E-state index is -4.20. The zero-order valence-corrected chi connectivity index (χ0v) is 10.7. The zero-order chi connectivity index (χ0) is 14.8. The van der Waals surface area contributed by atoms with Crippen molar-refractivity contribution in [2.45, 2.75) is 4.90 Å². The average Bonchev–Trinajstić information content (AvgIpc) is 2.36. The third-order valence-corrected chi connectivity index (χ3v) is 4.02. The molecule has 0 fully saturated rings. The van der Waals surface area contributed by atoms with Crippen molar-refractivity contribution in [3.05, 3.63) is 33.9 Å². The number of non-ortho nitro benzene ring substituents is 1. The van der Waals surface area contributed by atoms with Gasteiger partial charge in [0.25, 0.3) is 15.7 Å². The lowest BCUT2D eigenvalue weighted by Gasteiger charge is -2.15. The molecular formula is C9H10N2O7S. The van der Waals surface area contributed by atoms with E-state index in [4.69, 9.17) is 5.11 Å². The van der Waals surface area contributed by atoms with Crippen molar-refractivity contribution in [2.24, 2.45) is 0 Å². The number of carboxylic acid groups (broad SMARTS) is 1. The van der Waals surface area contributed by atoms with Gasteiger partial charge in [0, 0.05) is 19.2 Å². The molecule has 19 heavy (non-hydrogen) atoms. The minimum absolute atomic E-state index is 0.459. The molecule has 1 N–H and O–H groups in total. The lowest BCUT2D eigenvalue weighted by molar-refractivity contribution is -0.384. The summed E-state index contributed by atoms with van der Waals surface area (Å²) in [5.41, 5.74) is -1.21. The highest BCUT2D eigenvalue weighted by Crippen LogP contribution is 2.24. The predicted octanol–water partition coefficient (Wildman–Crippen LogP) is 0.475. The van der Waals surface area contributed by atoms with Crippen molar-refractivity contribution in [1.29, 1.82) is 0 Å². The van der Waals surface area contributed by atoms with Crippen LogP contribution < -0.4 is 0 Å². The first-order chi connectivity index (χ1) is 8.71. The van der Waals surface area contributed by atoms with E-state index in [0.29, 0.717) is 10.5 Å². The van der Waals surface area contributed by atoms with Crippen molar-refractivity contribution in [1.82, 2.24) is 4.47 Å². The minimum Gasteiger partial charge on any atom is -0.478 e. The van der Waals surface area contributed by atoms with E-state index in [9.17, 15) is 23.3 Å². The first-order valence-electron chi connectivity index (χ1n) is 4.76. The molecular weight excluding hydrogens is 280 g/mol. The Hall–Kier alpha value is -2.04. The zero-order valence-electron chi connectivity index (χ0n) is 9.93. The Kier molecular flexibility index (Phi) is 4.19. The highest BCUT2D eigenvalue weighted by Gasteiger charge is 2.28. The number of sulfonamides is 1.